The van der Waals surface area contributed by atoms with Crippen LogP contribution in [-0.4, -0.2) is 55.7 Å². The van der Waals surface area contributed by atoms with Crippen molar-refractivity contribution in [3.05, 3.63) is 64.2 Å². The number of carbonyl (C=O) groups is 3. The number of fused-ring (bicyclic) bond motifs is 3. The molecule has 2 aromatic rings. The maximum Gasteiger partial charge on any atom is 0.230 e. The molecular weight excluding hydrogens is 558 g/mol. The van der Waals surface area contributed by atoms with Crippen LogP contribution < -0.4 is 5.73 Å². The van der Waals surface area contributed by atoms with E-state index in [2.05, 4.69) is 11.8 Å². The minimum atomic E-state index is -2.54. The lowest BCUT2D eigenvalue weighted by atomic mass is 9.39. The summed E-state index contributed by atoms with van der Waals surface area (Å²) in [6.07, 6.45) is -2.54. The molecule has 5 rings (SSSR count). The van der Waals surface area contributed by atoms with Gasteiger partial charge in [-0.3, -0.25) is 14.4 Å². The molecule has 2 saturated carbocycles. The quantitative estimate of drug-likeness (QED) is 0.266. The summed E-state index contributed by atoms with van der Waals surface area (Å²) in [4.78, 5) is 40.8. The third-order valence-corrected chi connectivity index (χ3v) is 10.8. The number of rotatable bonds is 4. The van der Waals surface area contributed by atoms with Gasteiger partial charge in [-0.2, -0.15) is 0 Å². The highest BCUT2D eigenvalue weighted by atomic mass is 16.4. The van der Waals surface area contributed by atoms with Crippen molar-refractivity contribution in [3.8, 4) is 17.6 Å². The van der Waals surface area contributed by atoms with Crippen molar-refractivity contribution in [3.63, 3.8) is 0 Å². The van der Waals surface area contributed by atoms with E-state index in [0.29, 0.717) is 17.5 Å². The Bertz CT molecular complexity index is 1590. The van der Waals surface area contributed by atoms with Gasteiger partial charge in [-0.25, -0.2) is 0 Å². The Morgan fingerprint density at radius 3 is 2.30 bits per heavy atom. The molecule has 0 aromatic heterocycles. The number of ketones is 2. The molecule has 0 heterocycles. The highest BCUT2D eigenvalue weighted by Gasteiger charge is 2.76. The molecule has 6 N–H and O–H groups in total. The number of primary amides is 1. The van der Waals surface area contributed by atoms with Gasteiger partial charge in [0.25, 0.3) is 0 Å². The second-order valence-corrected chi connectivity index (χ2v) is 14.3. The first-order valence-corrected chi connectivity index (χ1v) is 15.4. The summed E-state index contributed by atoms with van der Waals surface area (Å²) < 4.78 is 0. The number of aromatic hydroxyl groups is 1. The Hall–Kier alpha value is -3.51. The van der Waals surface area contributed by atoms with Crippen molar-refractivity contribution in [1.82, 2.24) is 0 Å². The summed E-state index contributed by atoms with van der Waals surface area (Å²) in [5, 5.41) is 47.1. The minimum absolute atomic E-state index is 0.0224. The van der Waals surface area contributed by atoms with Gasteiger partial charge in [0.2, 0.25) is 5.91 Å². The average Bonchev–Trinajstić information content (AvgIpc) is 2.92. The smallest absolute Gasteiger partial charge is 0.230 e. The van der Waals surface area contributed by atoms with Gasteiger partial charge in [0.15, 0.2) is 17.2 Å². The first-order chi connectivity index (χ1) is 20.5. The predicted molar refractivity (Wildman–Crippen MR) is 165 cm³/mol. The van der Waals surface area contributed by atoms with Gasteiger partial charge in [0.05, 0.1) is 23.1 Å². The summed E-state index contributed by atoms with van der Waals surface area (Å²) in [5.74, 6) is -1.04. The van der Waals surface area contributed by atoms with Crippen molar-refractivity contribution >= 4 is 17.5 Å². The molecule has 0 bridgehead atoms. The van der Waals surface area contributed by atoms with Gasteiger partial charge in [0, 0.05) is 11.8 Å². The van der Waals surface area contributed by atoms with Crippen molar-refractivity contribution in [1.29, 1.82) is 0 Å². The largest absolute Gasteiger partial charge is 0.506 e. The predicted octanol–water partition coefficient (Wildman–Crippen LogP) is 3.29. The third kappa shape index (κ3) is 4.43. The van der Waals surface area contributed by atoms with Crippen LogP contribution in [0.25, 0.3) is 0 Å². The number of phenols is 1. The van der Waals surface area contributed by atoms with Gasteiger partial charge in [-0.1, -0.05) is 83.7 Å². The Morgan fingerprint density at radius 2 is 1.73 bits per heavy atom. The van der Waals surface area contributed by atoms with Crippen LogP contribution in [0, 0.1) is 46.3 Å². The number of phenolic OH excluding ortho intramolecular Hbond substituents is 1. The topological polar surface area (TPSA) is 158 Å². The van der Waals surface area contributed by atoms with E-state index in [1.54, 1.807) is 6.92 Å². The fraction of sp³-hybridized carbons (Fsp3) is 0.528. The van der Waals surface area contributed by atoms with Gasteiger partial charge < -0.3 is 26.2 Å². The minimum Gasteiger partial charge on any atom is -0.506 e. The van der Waals surface area contributed by atoms with Crippen LogP contribution in [0.1, 0.15) is 86.5 Å². The Balaban J connectivity index is 1.67. The average molecular weight is 602 g/mol. The highest BCUT2D eigenvalue weighted by Crippen LogP contribution is 2.66. The van der Waals surface area contributed by atoms with Gasteiger partial charge >= 0.3 is 0 Å². The third-order valence-electron chi connectivity index (χ3n) is 10.8. The van der Waals surface area contributed by atoms with E-state index in [-0.39, 0.29) is 36.0 Å². The Kier molecular flexibility index (Phi) is 7.85. The highest BCUT2D eigenvalue weighted by molar-refractivity contribution is 6.09. The molecule has 0 spiro atoms. The van der Waals surface area contributed by atoms with Crippen molar-refractivity contribution < 1.29 is 34.8 Å². The number of carbonyl (C=O) groups excluding carboxylic acids is 3. The second-order valence-electron chi connectivity index (χ2n) is 14.3. The molecule has 0 radical (unpaired) electrons. The number of nitrogens with two attached hydrogens (primary N) is 1. The monoisotopic (exact) mass is 601 g/mol. The van der Waals surface area contributed by atoms with Crippen LogP contribution in [0.3, 0.4) is 0 Å². The molecule has 2 aromatic carbocycles. The van der Waals surface area contributed by atoms with Crippen molar-refractivity contribution in [2.75, 3.05) is 0 Å². The lowest BCUT2D eigenvalue weighted by Crippen LogP contribution is -2.79. The van der Waals surface area contributed by atoms with Crippen molar-refractivity contribution in [2.24, 2.45) is 40.2 Å². The van der Waals surface area contributed by atoms with E-state index in [9.17, 15) is 34.8 Å². The molecule has 0 aliphatic heterocycles. The molecule has 44 heavy (non-hydrogen) atoms. The first-order valence-electron chi connectivity index (χ1n) is 15.4. The maximum atomic E-state index is 14.5. The molecule has 2 fully saturated rings. The molecule has 234 valence electrons. The Morgan fingerprint density at radius 1 is 1.09 bits per heavy atom. The van der Waals surface area contributed by atoms with Crippen LogP contribution in [0.4, 0.5) is 0 Å². The SMILES string of the molecule is CC(C)c1cc(C#CCc2ccccc2)c(O)c2c1C[C@]1(C)C[C@]3(C)[C@@H](C(C)C)C(O)[C@@H](C(N)=O)C(=O)[C@]3(O)C(O)[C@H]1C2=O. The van der Waals surface area contributed by atoms with Crippen LogP contribution in [0.5, 0.6) is 5.75 Å². The summed E-state index contributed by atoms with van der Waals surface area (Å²) in [6.45, 7) is 11.2. The number of aliphatic hydroxyl groups excluding tert-OH is 2. The number of benzene rings is 2. The van der Waals surface area contributed by atoms with Gasteiger partial charge in [-0.05, 0) is 58.8 Å². The van der Waals surface area contributed by atoms with E-state index < -0.39 is 63.9 Å². The summed E-state index contributed by atoms with van der Waals surface area (Å²) >= 11 is 0. The van der Waals surface area contributed by atoms with Crippen LogP contribution in [0.2, 0.25) is 0 Å². The molecular formula is C36H43NO7. The zero-order valence-electron chi connectivity index (χ0n) is 26.2. The van der Waals surface area contributed by atoms with Gasteiger partial charge in [0.1, 0.15) is 17.8 Å². The van der Waals surface area contributed by atoms with Crippen LogP contribution >= 0.6 is 0 Å². The number of Topliss-reactive ketones (excluding diaryl/α,β-unsaturated/α-hetero) is 2. The summed E-state index contributed by atoms with van der Waals surface area (Å²) in [6, 6.07) is 11.5. The first kappa shape index (κ1) is 31.9. The molecule has 0 saturated heterocycles. The summed E-state index contributed by atoms with van der Waals surface area (Å²) in [7, 11) is 0. The molecule has 1 amide bonds. The Labute approximate surface area is 258 Å². The summed E-state index contributed by atoms with van der Waals surface area (Å²) in [5.41, 5.74) is 3.53. The number of amides is 1. The van der Waals surface area contributed by atoms with E-state index in [4.69, 9.17) is 5.73 Å². The van der Waals surface area contributed by atoms with Gasteiger partial charge in [-0.15, -0.1) is 0 Å². The molecule has 8 atom stereocenters. The maximum absolute atomic E-state index is 14.5. The zero-order chi connectivity index (χ0) is 32.5. The molecule has 8 heteroatoms. The van der Waals surface area contributed by atoms with Crippen molar-refractivity contribution in [2.45, 2.75) is 84.5 Å². The number of aliphatic hydroxyl groups is 3. The van der Waals surface area contributed by atoms with E-state index >= 15 is 0 Å². The lowest BCUT2D eigenvalue weighted by Gasteiger charge is -2.66. The van der Waals surface area contributed by atoms with E-state index in [0.717, 1.165) is 11.1 Å². The zero-order valence-corrected chi connectivity index (χ0v) is 26.2. The normalized spacial score (nSPS) is 34.6. The number of hydrogen-bond donors (Lipinski definition) is 5. The molecule has 3 aliphatic rings. The van der Waals surface area contributed by atoms with E-state index in [1.165, 1.54) is 0 Å². The van der Waals surface area contributed by atoms with Crippen LogP contribution in [0.15, 0.2) is 36.4 Å². The number of hydrogen-bond acceptors (Lipinski definition) is 7. The molecule has 2 unspecified atom stereocenters. The van der Waals surface area contributed by atoms with E-state index in [1.807, 2.05) is 71.0 Å². The fourth-order valence-corrected chi connectivity index (χ4v) is 9.08. The second kappa shape index (κ2) is 10.8. The molecule has 3 aliphatic carbocycles. The van der Waals surface area contributed by atoms with Crippen LogP contribution in [-0.2, 0) is 22.4 Å². The molecule has 8 nitrogen and oxygen atoms in total. The standard InChI is InChI=1S/C36H43NO7/c1-18(2)22-15-21(14-10-13-20-11-8-7-9-12-20)28(38)24-23(22)16-34(5)17-35(6)26(19(3)4)30(40)25(33(37)43)31(41)36(35,44)32(42)27(34)29(24)39/h7-9,11-12,15,18-19,25-27,30,32,38,40,42,44H,13,16-17H2,1-6H3,(H2,37,43)/t25-,26+,27-,30?,32?,34-,35-,36+/m1/s1. The fourth-order valence-electron chi connectivity index (χ4n) is 9.08. The lowest BCUT2D eigenvalue weighted by molar-refractivity contribution is -0.265.